The predicted octanol–water partition coefficient (Wildman–Crippen LogP) is 2.38. The highest BCUT2D eigenvalue weighted by Gasteiger charge is 2.16. The Kier molecular flexibility index (Phi) is 4.31. The smallest absolute Gasteiger partial charge is 0.0826 e. The van der Waals surface area contributed by atoms with E-state index in [0.29, 0.717) is 0 Å². The molecule has 2 heterocycles. The number of ether oxygens (including phenoxy) is 1. The number of benzene rings is 1. The summed E-state index contributed by atoms with van der Waals surface area (Å²) in [5.41, 5.74) is 3.42. The van der Waals surface area contributed by atoms with Crippen LogP contribution in [0.5, 0.6) is 0 Å². The van der Waals surface area contributed by atoms with E-state index in [1.165, 1.54) is 5.56 Å². The van der Waals surface area contributed by atoms with Crippen molar-refractivity contribution in [2.24, 2.45) is 0 Å². The molecule has 2 aromatic rings. The van der Waals surface area contributed by atoms with Gasteiger partial charge < -0.3 is 9.64 Å². The van der Waals surface area contributed by atoms with Crippen molar-refractivity contribution in [2.75, 3.05) is 26.3 Å². The van der Waals surface area contributed by atoms with Gasteiger partial charge in [-0.25, -0.2) is 4.68 Å². The van der Waals surface area contributed by atoms with Crippen molar-refractivity contribution in [1.82, 2.24) is 14.7 Å². The van der Waals surface area contributed by atoms with E-state index in [2.05, 4.69) is 29.1 Å². The first-order valence-corrected chi connectivity index (χ1v) is 7.61. The fourth-order valence-corrected chi connectivity index (χ4v) is 2.87. The lowest BCUT2D eigenvalue weighted by Crippen LogP contribution is -2.40. The van der Waals surface area contributed by atoms with E-state index in [1.54, 1.807) is 0 Å². The van der Waals surface area contributed by atoms with Crippen molar-refractivity contribution < 1.29 is 4.74 Å². The molecular weight excluding hydrogens is 282 g/mol. The van der Waals surface area contributed by atoms with Gasteiger partial charge in [0.15, 0.2) is 0 Å². The molecule has 0 atom stereocenters. The van der Waals surface area contributed by atoms with Crippen LogP contribution in [0.1, 0.15) is 11.3 Å². The van der Waals surface area contributed by atoms with Crippen LogP contribution in [0, 0.1) is 6.92 Å². The zero-order valence-corrected chi connectivity index (χ0v) is 13.0. The number of hydrogen-bond donors (Lipinski definition) is 0. The second kappa shape index (κ2) is 6.37. The first kappa shape index (κ1) is 14.2. The van der Waals surface area contributed by atoms with Crippen LogP contribution in [-0.4, -0.2) is 46.0 Å². The number of aromatic nitrogens is 2. The molecule has 1 aliphatic rings. The second-order valence-electron chi connectivity index (χ2n) is 5.17. The highest BCUT2D eigenvalue weighted by atomic mass is 32.1. The topological polar surface area (TPSA) is 30.3 Å². The maximum absolute atomic E-state index is 5.57. The minimum absolute atomic E-state index is 0.766. The summed E-state index contributed by atoms with van der Waals surface area (Å²) in [6.07, 6.45) is 2.70. The Balaban J connectivity index is 1.75. The predicted molar refractivity (Wildman–Crippen MR) is 87.0 cm³/mol. The van der Waals surface area contributed by atoms with E-state index in [0.717, 1.165) is 49.1 Å². The number of hydrogen-bond acceptors (Lipinski definition) is 3. The standard InChI is InChI=1S/C16H19N3OS/c1-13-14(11-16(21)18-7-9-20-10-8-18)12-17-19(13)15-5-3-2-4-6-15/h2-6,12H,7-11H2,1H3. The van der Waals surface area contributed by atoms with Crippen LogP contribution in [0.3, 0.4) is 0 Å². The minimum Gasteiger partial charge on any atom is -0.378 e. The molecule has 5 heteroatoms. The Bertz CT molecular complexity index is 618. The monoisotopic (exact) mass is 301 g/mol. The fourth-order valence-electron chi connectivity index (χ4n) is 2.53. The maximum Gasteiger partial charge on any atom is 0.0826 e. The lowest BCUT2D eigenvalue weighted by atomic mass is 10.1. The number of nitrogens with zero attached hydrogens (tertiary/aromatic N) is 3. The molecule has 0 spiro atoms. The van der Waals surface area contributed by atoms with Gasteiger partial charge in [0.05, 0.1) is 30.1 Å². The van der Waals surface area contributed by atoms with Gasteiger partial charge in [-0.05, 0) is 19.1 Å². The van der Waals surface area contributed by atoms with Crippen LogP contribution in [0.2, 0.25) is 0 Å². The van der Waals surface area contributed by atoms with E-state index in [1.807, 2.05) is 29.1 Å². The molecule has 1 saturated heterocycles. The summed E-state index contributed by atoms with van der Waals surface area (Å²) in [5, 5.41) is 4.50. The Labute approximate surface area is 130 Å². The first-order valence-electron chi connectivity index (χ1n) is 7.20. The number of morpholine rings is 1. The zero-order chi connectivity index (χ0) is 14.7. The normalized spacial score (nSPS) is 15.2. The zero-order valence-electron chi connectivity index (χ0n) is 12.2. The number of thiocarbonyl (C=S) groups is 1. The summed E-state index contributed by atoms with van der Waals surface area (Å²) in [6.45, 7) is 5.41. The van der Waals surface area contributed by atoms with Crippen molar-refractivity contribution >= 4 is 17.2 Å². The van der Waals surface area contributed by atoms with Crippen molar-refractivity contribution in [3.05, 3.63) is 47.8 Å². The summed E-state index contributed by atoms with van der Waals surface area (Å²) in [6, 6.07) is 10.2. The maximum atomic E-state index is 5.57. The largest absolute Gasteiger partial charge is 0.378 e. The summed E-state index contributed by atoms with van der Waals surface area (Å²) < 4.78 is 7.34. The quantitative estimate of drug-likeness (QED) is 0.814. The van der Waals surface area contributed by atoms with Gasteiger partial charge in [0.25, 0.3) is 0 Å². The van der Waals surface area contributed by atoms with Crippen LogP contribution in [0.4, 0.5) is 0 Å². The first-order chi connectivity index (χ1) is 10.3. The van der Waals surface area contributed by atoms with E-state index in [4.69, 9.17) is 17.0 Å². The SMILES string of the molecule is Cc1c(CC(=S)N2CCOCC2)cnn1-c1ccccc1. The molecule has 1 aliphatic heterocycles. The summed E-state index contributed by atoms with van der Waals surface area (Å²) in [5.74, 6) is 0. The Morgan fingerprint density at radius 1 is 1.24 bits per heavy atom. The third kappa shape index (κ3) is 3.14. The van der Waals surface area contributed by atoms with Crippen molar-refractivity contribution in [3.8, 4) is 5.69 Å². The highest BCUT2D eigenvalue weighted by molar-refractivity contribution is 7.80. The van der Waals surface area contributed by atoms with Crippen LogP contribution in [0.25, 0.3) is 5.69 Å². The molecule has 3 rings (SSSR count). The lowest BCUT2D eigenvalue weighted by Gasteiger charge is -2.29. The summed E-state index contributed by atoms with van der Waals surface area (Å²) in [4.78, 5) is 3.21. The Hall–Kier alpha value is -1.72. The van der Waals surface area contributed by atoms with Gasteiger partial charge in [-0.1, -0.05) is 30.4 Å². The molecule has 0 unspecified atom stereocenters. The van der Waals surface area contributed by atoms with Crippen LogP contribution in [0.15, 0.2) is 36.5 Å². The highest BCUT2D eigenvalue weighted by Crippen LogP contribution is 2.16. The fraction of sp³-hybridized carbons (Fsp3) is 0.375. The van der Waals surface area contributed by atoms with Gasteiger partial charge in [-0.3, -0.25) is 0 Å². The van der Waals surface area contributed by atoms with Crippen LogP contribution >= 0.6 is 12.2 Å². The second-order valence-corrected chi connectivity index (χ2v) is 5.64. The third-order valence-corrected chi connectivity index (χ3v) is 4.22. The Morgan fingerprint density at radius 2 is 1.95 bits per heavy atom. The average molecular weight is 301 g/mol. The molecule has 0 aliphatic carbocycles. The number of para-hydroxylation sites is 1. The van der Waals surface area contributed by atoms with Gasteiger partial charge in [0.1, 0.15) is 0 Å². The molecular formula is C16H19N3OS. The lowest BCUT2D eigenvalue weighted by molar-refractivity contribution is 0.0684. The molecule has 0 radical (unpaired) electrons. The van der Waals surface area contributed by atoms with Gasteiger partial charge >= 0.3 is 0 Å². The van der Waals surface area contributed by atoms with Crippen LogP contribution < -0.4 is 0 Å². The van der Waals surface area contributed by atoms with E-state index >= 15 is 0 Å². The summed E-state index contributed by atoms with van der Waals surface area (Å²) >= 11 is 5.57. The van der Waals surface area contributed by atoms with Crippen LogP contribution in [-0.2, 0) is 11.2 Å². The minimum atomic E-state index is 0.766. The van der Waals surface area contributed by atoms with E-state index < -0.39 is 0 Å². The van der Waals surface area contributed by atoms with E-state index in [-0.39, 0.29) is 0 Å². The third-order valence-electron chi connectivity index (χ3n) is 3.82. The molecule has 0 bridgehead atoms. The van der Waals surface area contributed by atoms with Crippen molar-refractivity contribution in [1.29, 1.82) is 0 Å². The molecule has 0 saturated carbocycles. The average Bonchev–Trinajstić information content (AvgIpc) is 2.90. The van der Waals surface area contributed by atoms with Gasteiger partial charge in [-0.2, -0.15) is 5.10 Å². The molecule has 21 heavy (non-hydrogen) atoms. The van der Waals surface area contributed by atoms with Gasteiger partial charge in [0, 0.05) is 30.8 Å². The summed E-state index contributed by atoms with van der Waals surface area (Å²) in [7, 11) is 0. The van der Waals surface area contributed by atoms with Crippen molar-refractivity contribution in [2.45, 2.75) is 13.3 Å². The molecule has 110 valence electrons. The molecule has 4 nitrogen and oxygen atoms in total. The molecule has 1 aromatic heterocycles. The molecule has 0 amide bonds. The number of rotatable bonds is 3. The molecule has 1 fully saturated rings. The Morgan fingerprint density at radius 3 is 2.67 bits per heavy atom. The molecule has 0 N–H and O–H groups in total. The van der Waals surface area contributed by atoms with Crippen molar-refractivity contribution in [3.63, 3.8) is 0 Å². The van der Waals surface area contributed by atoms with Gasteiger partial charge in [0.2, 0.25) is 0 Å². The molecule has 1 aromatic carbocycles. The van der Waals surface area contributed by atoms with Gasteiger partial charge in [-0.15, -0.1) is 0 Å². The van der Waals surface area contributed by atoms with E-state index in [9.17, 15) is 0 Å².